The first-order chi connectivity index (χ1) is 11.2. The summed E-state index contributed by atoms with van der Waals surface area (Å²) in [6.07, 6.45) is 1.78. The van der Waals surface area contributed by atoms with Crippen LogP contribution in [-0.4, -0.2) is 11.2 Å². The van der Waals surface area contributed by atoms with E-state index in [1.165, 1.54) is 0 Å². The second kappa shape index (κ2) is 6.37. The van der Waals surface area contributed by atoms with Gasteiger partial charge in [0, 0.05) is 6.20 Å². The molecule has 0 unspecified atom stereocenters. The molecule has 4 nitrogen and oxygen atoms in total. The number of hydrogen-bond donors (Lipinski definition) is 0. The summed E-state index contributed by atoms with van der Waals surface area (Å²) < 4.78 is 7.12. The average molecular weight is 304 g/mol. The van der Waals surface area contributed by atoms with Crippen molar-refractivity contribution in [3.05, 3.63) is 76.2 Å². The maximum Gasteiger partial charge on any atom is 0.258 e. The third-order valence-corrected chi connectivity index (χ3v) is 3.67. The van der Waals surface area contributed by atoms with Crippen LogP contribution in [0.1, 0.15) is 18.1 Å². The van der Waals surface area contributed by atoms with Crippen LogP contribution in [0.15, 0.2) is 59.5 Å². The summed E-state index contributed by atoms with van der Waals surface area (Å²) in [5.74, 6) is 0.696. The Labute approximate surface area is 134 Å². The Balaban J connectivity index is 2.02. The summed E-state index contributed by atoms with van der Waals surface area (Å²) in [6.45, 7) is 2.91. The van der Waals surface area contributed by atoms with Gasteiger partial charge in [-0.05, 0) is 48.2 Å². The van der Waals surface area contributed by atoms with Gasteiger partial charge < -0.3 is 9.30 Å². The van der Waals surface area contributed by atoms with Crippen LogP contribution in [0.3, 0.4) is 0 Å². The zero-order valence-corrected chi connectivity index (χ0v) is 12.8. The van der Waals surface area contributed by atoms with Gasteiger partial charge in [0.15, 0.2) is 0 Å². The first kappa shape index (κ1) is 14.9. The second-order valence-electron chi connectivity index (χ2n) is 5.24. The minimum Gasteiger partial charge on any atom is -0.494 e. The first-order valence-corrected chi connectivity index (χ1v) is 7.46. The Morgan fingerprint density at radius 1 is 1.17 bits per heavy atom. The molecule has 0 bridgehead atoms. The fourth-order valence-electron chi connectivity index (χ4n) is 2.58. The highest BCUT2D eigenvalue weighted by Crippen LogP contribution is 2.18. The lowest BCUT2D eigenvalue weighted by atomic mass is 10.1. The van der Waals surface area contributed by atoms with Crippen molar-refractivity contribution in [1.82, 2.24) is 4.57 Å². The van der Waals surface area contributed by atoms with Gasteiger partial charge in [-0.15, -0.1) is 0 Å². The molecule has 0 radical (unpaired) electrons. The quantitative estimate of drug-likeness (QED) is 0.743. The van der Waals surface area contributed by atoms with Crippen LogP contribution < -0.4 is 10.3 Å². The van der Waals surface area contributed by atoms with Gasteiger partial charge in [0.1, 0.15) is 5.75 Å². The second-order valence-corrected chi connectivity index (χ2v) is 5.24. The molecule has 1 heterocycles. The molecule has 2 aromatic carbocycles. The molecule has 0 saturated carbocycles. The van der Waals surface area contributed by atoms with E-state index < -0.39 is 0 Å². The number of nitrogens with zero attached hydrogens (tertiary/aromatic N) is 2. The highest BCUT2D eigenvalue weighted by Gasteiger charge is 2.06. The van der Waals surface area contributed by atoms with Gasteiger partial charge in [-0.2, -0.15) is 5.26 Å². The summed E-state index contributed by atoms with van der Waals surface area (Å²) >= 11 is 0. The van der Waals surface area contributed by atoms with Crippen LogP contribution in [-0.2, 0) is 6.54 Å². The monoisotopic (exact) mass is 304 g/mol. The lowest BCUT2D eigenvalue weighted by Gasteiger charge is -2.09. The van der Waals surface area contributed by atoms with E-state index in [9.17, 15) is 4.79 Å². The molecule has 1 aromatic heterocycles. The summed E-state index contributed by atoms with van der Waals surface area (Å²) in [6, 6.07) is 16.9. The number of aromatic nitrogens is 1. The number of pyridine rings is 1. The van der Waals surface area contributed by atoms with Crippen LogP contribution in [0.4, 0.5) is 0 Å². The predicted octanol–water partition coefficient (Wildman–Crippen LogP) is 3.32. The van der Waals surface area contributed by atoms with E-state index in [-0.39, 0.29) is 5.56 Å². The molecular formula is C19H16N2O2. The summed E-state index contributed by atoms with van der Waals surface area (Å²) in [7, 11) is 0. The molecule has 3 rings (SSSR count). The molecule has 3 aromatic rings. The Morgan fingerprint density at radius 3 is 2.83 bits per heavy atom. The van der Waals surface area contributed by atoms with E-state index >= 15 is 0 Å². The van der Waals surface area contributed by atoms with Crippen LogP contribution in [0.2, 0.25) is 0 Å². The molecule has 0 atom stereocenters. The normalized spacial score (nSPS) is 10.4. The smallest absolute Gasteiger partial charge is 0.258 e. The molecule has 0 N–H and O–H groups in total. The lowest BCUT2D eigenvalue weighted by molar-refractivity contribution is 0.340. The Bertz CT molecular complexity index is 951. The zero-order chi connectivity index (χ0) is 16.2. The molecule has 0 spiro atoms. The largest absolute Gasteiger partial charge is 0.494 e. The summed E-state index contributed by atoms with van der Waals surface area (Å²) in [5, 5.41) is 10.5. The minimum absolute atomic E-state index is 0.0635. The number of hydrogen-bond acceptors (Lipinski definition) is 3. The van der Waals surface area contributed by atoms with Gasteiger partial charge >= 0.3 is 0 Å². The highest BCUT2D eigenvalue weighted by atomic mass is 16.5. The van der Waals surface area contributed by atoms with Crippen molar-refractivity contribution in [2.75, 3.05) is 6.61 Å². The standard InChI is InChI=1S/C19H16N2O2/c1-2-23-17-7-6-16-8-9-21(19(22)18(16)11-17)13-15-5-3-4-14(10-15)12-20/h3-11H,2,13H2,1H3. The number of rotatable bonds is 4. The van der Waals surface area contributed by atoms with Gasteiger partial charge in [0.25, 0.3) is 5.56 Å². The van der Waals surface area contributed by atoms with Gasteiger partial charge in [-0.1, -0.05) is 18.2 Å². The molecule has 0 aliphatic rings. The molecular weight excluding hydrogens is 288 g/mol. The Kier molecular flexibility index (Phi) is 4.11. The van der Waals surface area contributed by atoms with E-state index in [1.807, 2.05) is 37.3 Å². The van der Waals surface area contributed by atoms with Crippen LogP contribution in [0.5, 0.6) is 5.75 Å². The number of benzene rings is 2. The van der Waals surface area contributed by atoms with Crippen LogP contribution in [0, 0.1) is 11.3 Å². The van der Waals surface area contributed by atoms with E-state index in [2.05, 4.69) is 6.07 Å². The average Bonchev–Trinajstić information content (AvgIpc) is 2.58. The number of nitriles is 1. The topological polar surface area (TPSA) is 55.0 Å². The van der Waals surface area contributed by atoms with Crippen molar-refractivity contribution in [2.45, 2.75) is 13.5 Å². The molecule has 23 heavy (non-hydrogen) atoms. The molecule has 0 saturated heterocycles. The van der Waals surface area contributed by atoms with Crippen molar-refractivity contribution >= 4 is 10.8 Å². The maximum absolute atomic E-state index is 12.7. The van der Waals surface area contributed by atoms with Crippen molar-refractivity contribution < 1.29 is 4.74 Å². The Morgan fingerprint density at radius 2 is 2.04 bits per heavy atom. The third kappa shape index (κ3) is 3.09. The van der Waals surface area contributed by atoms with E-state index in [0.717, 1.165) is 10.9 Å². The Hall–Kier alpha value is -3.06. The van der Waals surface area contributed by atoms with E-state index in [1.54, 1.807) is 29.0 Å². The van der Waals surface area contributed by atoms with Gasteiger partial charge in [-0.3, -0.25) is 4.79 Å². The van der Waals surface area contributed by atoms with Gasteiger partial charge in [0.2, 0.25) is 0 Å². The third-order valence-electron chi connectivity index (χ3n) is 3.67. The highest BCUT2D eigenvalue weighted by molar-refractivity contribution is 5.82. The van der Waals surface area contributed by atoms with Gasteiger partial charge in [0.05, 0.1) is 30.2 Å². The SMILES string of the molecule is CCOc1ccc2ccn(Cc3cccc(C#N)c3)c(=O)c2c1. The van der Waals surface area contributed by atoms with Crippen LogP contribution >= 0.6 is 0 Å². The predicted molar refractivity (Wildman–Crippen MR) is 89.6 cm³/mol. The van der Waals surface area contributed by atoms with E-state index in [4.69, 9.17) is 10.00 Å². The molecule has 0 amide bonds. The van der Waals surface area contributed by atoms with Gasteiger partial charge in [-0.25, -0.2) is 0 Å². The van der Waals surface area contributed by atoms with Crippen molar-refractivity contribution in [3.8, 4) is 11.8 Å². The molecule has 114 valence electrons. The van der Waals surface area contributed by atoms with E-state index in [0.29, 0.717) is 29.9 Å². The fraction of sp³-hybridized carbons (Fsp3) is 0.158. The fourth-order valence-corrected chi connectivity index (χ4v) is 2.58. The van der Waals surface area contributed by atoms with Crippen molar-refractivity contribution in [1.29, 1.82) is 5.26 Å². The number of fused-ring (bicyclic) bond motifs is 1. The van der Waals surface area contributed by atoms with Crippen LogP contribution in [0.25, 0.3) is 10.8 Å². The lowest BCUT2D eigenvalue weighted by Crippen LogP contribution is -2.20. The molecule has 0 fully saturated rings. The minimum atomic E-state index is -0.0635. The summed E-state index contributed by atoms with van der Waals surface area (Å²) in [4.78, 5) is 12.7. The summed E-state index contributed by atoms with van der Waals surface area (Å²) in [5.41, 5.74) is 1.45. The first-order valence-electron chi connectivity index (χ1n) is 7.46. The zero-order valence-electron chi connectivity index (χ0n) is 12.8. The number of ether oxygens (including phenoxy) is 1. The molecule has 0 aliphatic heterocycles. The molecule has 4 heteroatoms. The molecule has 0 aliphatic carbocycles. The maximum atomic E-state index is 12.7. The van der Waals surface area contributed by atoms with Crippen molar-refractivity contribution in [2.24, 2.45) is 0 Å². The van der Waals surface area contributed by atoms with Crippen molar-refractivity contribution in [3.63, 3.8) is 0 Å².